The lowest BCUT2D eigenvalue weighted by atomic mass is 9.97. The smallest absolute Gasteiger partial charge is 0.283 e. The number of aliphatic hydroxyl groups is 1. The van der Waals surface area contributed by atoms with E-state index in [1.165, 1.54) is 7.11 Å². The molecule has 0 unspecified atom stereocenters. The summed E-state index contributed by atoms with van der Waals surface area (Å²) in [5, 5.41) is 25.5. The highest BCUT2D eigenvalue weighted by molar-refractivity contribution is 5.89. The third-order valence-electron chi connectivity index (χ3n) is 4.25. The number of hydrogen-bond donors (Lipinski definition) is 1. The lowest BCUT2D eigenvalue weighted by Gasteiger charge is -2.31. The van der Waals surface area contributed by atoms with Crippen molar-refractivity contribution in [2.75, 3.05) is 13.7 Å². The van der Waals surface area contributed by atoms with Gasteiger partial charge in [0.2, 0.25) is 0 Å². The summed E-state index contributed by atoms with van der Waals surface area (Å²) in [5.41, 5.74) is -0.179. The van der Waals surface area contributed by atoms with E-state index in [-0.39, 0.29) is 13.0 Å². The summed E-state index contributed by atoms with van der Waals surface area (Å²) < 4.78 is 10.7. The Balaban J connectivity index is 1.82. The molecule has 27 heavy (non-hydrogen) atoms. The van der Waals surface area contributed by atoms with E-state index >= 15 is 0 Å². The fourth-order valence-corrected chi connectivity index (χ4v) is 2.96. The van der Waals surface area contributed by atoms with Gasteiger partial charge in [-0.05, 0) is 31.2 Å². The van der Waals surface area contributed by atoms with Crippen molar-refractivity contribution in [2.45, 2.75) is 19.1 Å². The summed E-state index contributed by atoms with van der Waals surface area (Å²) in [7, 11) is 1.53. The Bertz CT molecular complexity index is 935. The molecule has 0 fully saturated rings. The van der Waals surface area contributed by atoms with Crippen LogP contribution in [0.1, 0.15) is 24.5 Å². The SMILES string of the molecule is COc1cccc([C@]2(O)CC(C)=NN2C(=O)COc2ccccc2C#N)c1. The average Bonchev–Trinajstić information content (AvgIpc) is 3.02. The number of rotatable bonds is 5. The predicted octanol–water partition coefficient (Wildman–Crippen LogP) is 2.40. The predicted molar refractivity (Wildman–Crippen MR) is 98.1 cm³/mol. The van der Waals surface area contributed by atoms with Crippen LogP contribution in [0, 0.1) is 11.3 Å². The van der Waals surface area contributed by atoms with E-state index in [1.54, 1.807) is 55.5 Å². The fraction of sp³-hybridized carbons (Fsp3) is 0.250. The van der Waals surface area contributed by atoms with E-state index < -0.39 is 11.6 Å². The maximum absolute atomic E-state index is 12.7. The van der Waals surface area contributed by atoms with Crippen LogP contribution in [0.3, 0.4) is 0 Å². The number of hydrogen-bond acceptors (Lipinski definition) is 6. The van der Waals surface area contributed by atoms with Crippen LogP contribution in [0.2, 0.25) is 0 Å². The zero-order valence-electron chi connectivity index (χ0n) is 15.0. The van der Waals surface area contributed by atoms with Gasteiger partial charge in [-0.2, -0.15) is 15.4 Å². The molecule has 0 saturated heterocycles. The zero-order valence-corrected chi connectivity index (χ0v) is 15.0. The number of para-hydroxylation sites is 1. The molecular formula is C20H19N3O4. The Morgan fingerprint density at radius 2 is 2.11 bits per heavy atom. The molecule has 1 amide bonds. The van der Waals surface area contributed by atoms with Crippen LogP contribution in [0.5, 0.6) is 11.5 Å². The second-order valence-electron chi connectivity index (χ2n) is 6.16. The minimum Gasteiger partial charge on any atom is -0.497 e. The number of hydrazone groups is 1. The highest BCUT2D eigenvalue weighted by atomic mass is 16.5. The molecule has 2 aromatic carbocycles. The summed E-state index contributed by atoms with van der Waals surface area (Å²) in [6, 6.07) is 15.5. The van der Waals surface area contributed by atoms with E-state index in [4.69, 9.17) is 14.7 Å². The van der Waals surface area contributed by atoms with Gasteiger partial charge in [0.05, 0.1) is 12.7 Å². The summed E-state index contributed by atoms with van der Waals surface area (Å²) in [4.78, 5) is 12.7. The number of ether oxygens (including phenoxy) is 2. The normalized spacial score (nSPS) is 18.6. The van der Waals surface area contributed by atoms with E-state index in [0.717, 1.165) is 5.01 Å². The average molecular weight is 365 g/mol. The molecule has 1 atom stereocenters. The van der Waals surface area contributed by atoms with Gasteiger partial charge in [0.25, 0.3) is 5.91 Å². The number of carbonyl (C=O) groups is 1. The Hall–Kier alpha value is -3.37. The first-order chi connectivity index (χ1) is 13.0. The first-order valence-corrected chi connectivity index (χ1v) is 8.34. The second kappa shape index (κ2) is 7.48. The molecule has 0 radical (unpaired) electrons. The Morgan fingerprint density at radius 3 is 2.85 bits per heavy atom. The molecule has 0 spiro atoms. The molecule has 2 aromatic rings. The third kappa shape index (κ3) is 3.61. The van der Waals surface area contributed by atoms with Crippen LogP contribution in [0.25, 0.3) is 0 Å². The second-order valence-corrected chi connectivity index (χ2v) is 6.16. The van der Waals surface area contributed by atoms with Gasteiger partial charge in [0.15, 0.2) is 12.3 Å². The summed E-state index contributed by atoms with van der Waals surface area (Å²) >= 11 is 0. The first kappa shape index (κ1) is 18.4. The molecule has 3 rings (SSSR count). The quantitative estimate of drug-likeness (QED) is 0.878. The zero-order chi connectivity index (χ0) is 19.4. The standard InChI is InChI=1S/C20H19N3O4/c1-14-11-20(25,16-7-5-8-17(10-16)26-2)23(22-14)19(24)13-27-18-9-4-3-6-15(18)12-21/h3-10,25H,11,13H2,1-2H3/t20-/m1/s1. The summed E-state index contributed by atoms with van der Waals surface area (Å²) in [6.45, 7) is 1.38. The minimum absolute atomic E-state index is 0.181. The highest BCUT2D eigenvalue weighted by Gasteiger charge is 2.45. The molecular weight excluding hydrogens is 346 g/mol. The van der Waals surface area contributed by atoms with Crippen molar-refractivity contribution < 1.29 is 19.4 Å². The third-order valence-corrected chi connectivity index (χ3v) is 4.25. The van der Waals surface area contributed by atoms with Gasteiger partial charge in [-0.15, -0.1) is 0 Å². The molecule has 7 nitrogen and oxygen atoms in total. The number of methoxy groups -OCH3 is 1. The molecule has 0 bridgehead atoms. The van der Waals surface area contributed by atoms with Crippen molar-refractivity contribution >= 4 is 11.6 Å². The topological polar surface area (TPSA) is 95.2 Å². The van der Waals surface area contributed by atoms with Crippen molar-refractivity contribution in [3.63, 3.8) is 0 Å². The lowest BCUT2D eigenvalue weighted by Crippen LogP contribution is -2.45. The van der Waals surface area contributed by atoms with Crippen LogP contribution in [0.15, 0.2) is 53.6 Å². The van der Waals surface area contributed by atoms with E-state index in [2.05, 4.69) is 5.10 Å². The largest absolute Gasteiger partial charge is 0.497 e. The van der Waals surface area contributed by atoms with Gasteiger partial charge in [0, 0.05) is 17.7 Å². The number of carbonyl (C=O) groups excluding carboxylic acids is 1. The molecule has 0 aliphatic carbocycles. The molecule has 1 aliphatic heterocycles. The van der Waals surface area contributed by atoms with E-state index in [1.807, 2.05) is 6.07 Å². The van der Waals surface area contributed by atoms with Gasteiger partial charge in [0.1, 0.15) is 17.6 Å². The maximum Gasteiger partial charge on any atom is 0.283 e. The molecule has 1 heterocycles. The van der Waals surface area contributed by atoms with Crippen molar-refractivity contribution in [2.24, 2.45) is 5.10 Å². The monoisotopic (exact) mass is 365 g/mol. The number of nitriles is 1. The maximum atomic E-state index is 12.7. The number of amides is 1. The fourth-order valence-electron chi connectivity index (χ4n) is 2.96. The molecule has 7 heteroatoms. The van der Waals surface area contributed by atoms with Crippen molar-refractivity contribution in [1.82, 2.24) is 5.01 Å². The Labute approximate surface area is 157 Å². The number of nitrogens with zero attached hydrogens (tertiary/aromatic N) is 3. The minimum atomic E-state index is -1.62. The van der Waals surface area contributed by atoms with Gasteiger partial charge < -0.3 is 14.6 Å². The van der Waals surface area contributed by atoms with E-state index in [9.17, 15) is 9.90 Å². The first-order valence-electron chi connectivity index (χ1n) is 8.34. The molecule has 138 valence electrons. The van der Waals surface area contributed by atoms with Gasteiger partial charge >= 0.3 is 0 Å². The van der Waals surface area contributed by atoms with Crippen molar-refractivity contribution in [3.8, 4) is 17.6 Å². The van der Waals surface area contributed by atoms with Crippen LogP contribution >= 0.6 is 0 Å². The Morgan fingerprint density at radius 1 is 1.33 bits per heavy atom. The molecule has 1 aliphatic rings. The summed E-state index contributed by atoms with van der Waals surface area (Å²) in [5.74, 6) is 0.347. The lowest BCUT2D eigenvalue weighted by molar-refractivity contribution is -0.159. The molecule has 1 N–H and O–H groups in total. The van der Waals surface area contributed by atoms with Crippen LogP contribution in [0.4, 0.5) is 0 Å². The number of benzene rings is 2. The highest BCUT2D eigenvalue weighted by Crippen LogP contribution is 2.36. The van der Waals surface area contributed by atoms with Crippen molar-refractivity contribution in [3.05, 3.63) is 59.7 Å². The summed E-state index contributed by atoms with van der Waals surface area (Å²) in [6.07, 6.45) is 0.181. The Kier molecular flexibility index (Phi) is 5.10. The van der Waals surface area contributed by atoms with E-state index in [0.29, 0.717) is 28.3 Å². The van der Waals surface area contributed by atoms with Crippen LogP contribution < -0.4 is 9.47 Å². The van der Waals surface area contributed by atoms with Crippen LogP contribution in [-0.2, 0) is 10.5 Å². The van der Waals surface area contributed by atoms with Crippen LogP contribution in [-0.4, -0.2) is 35.5 Å². The van der Waals surface area contributed by atoms with Gasteiger partial charge in [-0.25, -0.2) is 0 Å². The molecule has 0 saturated carbocycles. The van der Waals surface area contributed by atoms with Crippen molar-refractivity contribution in [1.29, 1.82) is 5.26 Å². The van der Waals surface area contributed by atoms with Gasteiger partial charge in [-0.1, -0.05) is 24.3 Å². The van der Waals surface area contributed by atoms with Gasteiger partial charge in [-0.3, -0.25) is 4.79 Å². The molecule has 0 aromatic heterocycles.